The van der Waals surface area contributed by atoms with Crippen molar-refractivity contribution in [3.63, 3.8) is 0 Å². The highest BCUT2D eigenvalue weighted by molar-refractivity contribution is 5.99. The highest BCUT2D eigenvalue weighted by Gasteiger charge is 2.49. The normalized spacial score (nSPS) is 21.5. The summed E-state index contributed by atoms with van der Waals surface area (Å²) in [6.45, 7) is 6.32. The van der Waals surface area contributed by atoms with Crippen molar-refractivity contribution in [2.45, 2.75) is 20.3 Å². The molecule has 1 aromatic carbocycles. The Balaban J connectivity index is 1.59. The Kier molecular flexibility index (Phi) is 4.41. The molecule has 1 heterocycles. The smallest absolute Gasteiger partial charge is 0.228 e. The maximum absolute atomic E-state index is 12.3. The van der Waals surface area contributed by atoms with Gasteiger partial charge in [0.2, 0.25) is 11.8 Å². The molecule has 2 aliphatic rings. The van der Waals surface area contributed by atoms with Crippen LogP contribution in [0.1, 0.15) is 20.3 Å². The Morgan fingerprint density at radius 1 is 1.13 bits per heavy atom. The lowest BCUT2D eigenvalue weighted by Crippen LogP contribution is -2.33. The van der Waals surface area contributed by atoms with Gasteiger partial charge >= 0.3 is 0 Å². The number of nitrogens with one attached hydrogen (secondary N) is 1. The van der Waals surface area contributed by atoms with Crippen LogP contribution >= 0.6 is 0 Å². The minimum atomic E-state index is -0.226. The third-order valence-corrected chi connectivity index (χ3v) is 4.33. The third kappa shape index (κ3) is 3.25. The number of carbonyl (C=O) groups excluding carboxylic acids is 2. The van der Waals surface area contributed by atoms with Gasteiger partial charge in [0, 0.05) is 24.8 Å². The Hall–Kier alpha value is -2.24. The number of benzene rings is 1. The predicted molar refractivity (Wildman–Crippen MR) is 85.6 cm³/mol. The van der Waals surface area contributed by atoms with Crippen LogP contribution in [-0.2, 0) is 9.59 Å². The molecule has 0 bridgehead atoms. The standard InChI is InChI=1S/C17H22N2O4/c1-3-19(4-2)17(21)13-10-12(13)16(20)18-11-5-6-14-15(9-11)23-8-7-22-14/h5-6,9,12-13H,3-4,7-8,10H2,1-2H3,(H,18,20). The molecule has 1 fully saturated rings. The van der Waals surface area contributed by atoms with Gasteiger partial charge in [0.1, 0.15) is 13.2 Å². The lowest BCUT2D eigenvalue weighted by molar-refractivity contribution is -0.133. The molecule has 1 saturated carbocycles. The maximum atomic E-state index is 12.3. The Labute approximate surface area is 135 Å². The van der Waals surface area contributed by atoms with E-state index in [1.54, 1.807) is 23.1 Å². The van der Waals surface area contributed by atoms with E-state index in [4.69, 9.17) is 9.47 Å². The molecule has 0 aromatic heterocycles. The van der Waals surface area contributed by atoms with E-state index < -0.39 is 0 Å². The molecule has 6 nitrogen and oxygen atoms in total. The van der Waals surface area contributed by atoms with Crippen LogP contribution < -0.4 is 14.8 Å². The van der Waals surface area contributed by atoms with Crippen molar-refractivity contribution < 1.29 is 19.1 Å². The van der Waals surface area contributed by atoms with E-state index in [0.717, 1.165) is 0 Å². The average Bonchev–Trinajstić information content (AvgIpc) is 3.36. The minimum Gasteiger partial charge on any atom is -0.486 e. The number of hydrogen-bond acceptors (Lipinski definition) is 4. The molecular formula is C17H22N2O4. The van der Waals surface area contributed by atoms with E-state index >= 15 is 0 Å². The number of fused-ring (bicyclic) bond motifs is 1. The van der Waals surface area contributed by atoms with Crippen molar-refractivity contribution in [2.75, 3.05) is 31.6 Å². The number of amides is 2. The summed E-state index contributed by atoms with van der Waals surface area (Å²) in [6, 6.07) is 5.33. The summed E-state index contributed by atoms with van der Waals surface area (Å²) >= 11 is 0. The first-order valence-corrected chi connectivity index (χ1v) is 8.13. The highest BCUT2D eigenvalue weighted by atomic mass is 16.6. The van der Waals surface area contributed by atoms with Gasteiger partial charge in [0.25, 0.3) is 0 Å². The van der Waals surface area contributed by atoms with Gasteiger partial charge in [0.15, 0.2) is 11.5 Å². The molecule has 3 rings (SSSR count). The summed E-state index contributed by atoms with van der Waals surface area (Å²) in [4.78, 5) is 26.3. The second kappa shape index (κ2) is 6.48. The van der Waals surface area contributed by atoms with Crippen molar-refractivity contribution in [3.8, 4) is 11.5 Å². The van der Waals surface area contributed by atoms with Crippen molar-refractivity contribution in [1.29, 1.82) is 0 Å². The summed E-state index contributed by atoms with van der Waals surface area (Å²) in [5, 5.41) is 2.87. The zero-order valence-electron chi connectivity index (χ0n) is 13.5. The van der Waals surface area contributed by atoms with E-state index in [0.29, 0.717) is 49.9 Å². The summed E-state index contributed by atoms with van der Waals surface area (Å²) in [7, 11) is 0. The number of ether oxygens (including phenoxy) is 2. The minimum absolute atomic E-state index is 0.0809. The van der Waals surface area contributed by atoms with Gasteiger partial charge in [0.05, 0.1) is 11.8 Å². The molecule has 0 spiro atoms. The van der Waals surface area contributed by atoms with Crippen molar-refractivity contribution in [1.82, 2.24) is 4.90 Å². The molecule has 23 heavy (non-hydrogen) atoms. The summed E-state index contributed by atoms with van der Waals surface area (Å²) in [5.74, 6) is 0.906. The van der Waals surface area contributed by atoms with Crippen LogP contribution in [0, 0.1) is 11.8 Å². The topological polar surface area (TPSA) is 67.9 Å². The van der Waals surface area contributed by atoms with Crippen LogP contribution in [0.4, 0.5) is 5.69 Å². The van der Waals surface area contributed by atoms with Crippen LogP contribution in [0.3, 0.4) is 0 Å². The molecule has 1 N–H and O–H groups in total. The molecule has 1 aliphatic carbocycles. The number of hydrogen-bond donors (Lipinski definition) is 1. The largest absolute Gasteiger partial charge is 0.486 e. The monoisotopic (exact) mass is 318 g/mol. The van der Waals surface area contributed by atoms with Crippen LogP contribution in [0.2, 0.25) is 0 Å². The molecule has 124 valence electrons. The van der Waals surface area contributed by atoms with Crippen molar-refractivity contribution in [3.05, 3.63) is 18.2 Å². The second-order valence-corrected chi connectivity index (χ2v) is 5.81. The molecule has 1 aromatic rings. The van der Waals surface area contributed by atoms with Crippen LogP contribution in [-0.4, -0.2) is 43.0 Å². The van der Waals surface area contributed by atoms with Crippen LogP contribution in [0.15, 0.2) is 18.2 Å². The number of anilines is 1. The molecular weight excluding hydrogens is 296 g/mol. The summed E-state index contributed by atoms with van der Waals surface area (Å²) < 4.78 is 11.0. The number of carbonyl (C=O) groups is 2. The van der Waals surface area contributed by atoms with Crippen LogP contribution in [0.5, 0.6) is 11.5 Å². The van der Waals surface area contributed by atoms with E-state index in [1.807, 2.05) is 13.8 Å². The van der Waals surface area contributed by atoms with Gasteiger partial charge in [-0.25, -0.2) is 0 Å². The summed E-state index contributed by atoms with van der Waals surface area (Å²) in [6.07, 6.45) is 0.631. The molecule has 0 saturated heterocycles. The Morgan fingerprint density at radius 2 is 1.83 bits per heavy atom. The molecule has 2 unspecified atom stereocenters. The molecule has 0 radical (unpaired) electrons. The van der Waals surface area contributed by atoms with Gasteiger partial charge in [-0.15, -0.1) is 0 Å². The predicted octanol–water partition coefficient (Wildman–Crippen LogP) is 1.90. The quantitative estimate of drug-likeness (QED) is 0.900. The Bertz CT molecular complexity index is 613. The highest BCUT2D eigenvalue weighted by Crippen LogP contribution is 2.41. The molecule has 2 amide bonds. The van der Waals surface area contributed by atoms with E-state index in [-0.39, 0.29) is 23.7 Å². The third-order valence-electron chi connectivity index (χ3n) is 4.33. The van der Waals surface area contributed by atoms with Gasteiger partial charge < -0.3 is 19.7 Å². The molecule has 2 atom stereocenters. The van der Waals surface area contributed by atoms with E-state index in [2.05, 4.69) is 5.32 Å². The van der Waals surface area contributed by atoms with Crippen LogP contribution in [0.25, 0.3) is 0 Å². The summed E-state index contributed by atoms with van der Waals surface area (Å²) in [5.41, 5.74) is 0.667. The molecule has 6 heteroatoms. The SMILES string of the molecule is CCN(CC)C(=O)C1CC1C(=O)Nc1ccc2c(c1)OCCO2. The fourth-order valence-electron chi connectivity index (χ4n) is 2.88. The lowest BCUT2D eigenvalue weighted by Gasteiger charge is -2.19. The average molecular weight is 318 g/mol. The number of rotatable bonds is 5. The zero-order chi connectivity index (χ0) is 16.4. The first kappa shape index (κ1) is 15.6. The second-order valence-electron chi connectivity index (χ2n) is 5.81. The number of nitrogens with zero attached hydrogens (tertiary/aromatic N) is 1. The fraction of sp³-hybridized carbons (Fsp3) is 0.529. The first-order chi connectivity index (χ1) is 11.1. The van der Waals surface area contributed by atoms with Gasteiger partial charge in [-0.3, -0.25) is 9.59 Å². The van der Waals surface area contributed by atoms with Gasteiger partial charge in [-0.1, -0.05) is 0 Å². The van der Waals surface area contributed by atoms with E-state index in [1.165, 1.54) is 0 Å². The van der Waals surface area contributed by atoms with Crippen molar-refractivity contribution in [2.24, 2.45) is 11.8 Å². The maximum Gasteiger partial charge on any atom is 0.228 e. The molecule has 1 aliphatic heterocycles. The van der Waals surface area contributed by atoms with E-state index in [9.17, 15) is 9.59 Å². The van der Waals surface area contributed by atoms with Crippen molar-refractivity contribution >= 4 is 17.5 Å². The van der Waals surface area contributed by atoms with Gasteiger partial charge in [-0.2, -0.15) is 0 Å². The first-order valence-electron chi connectivity index (χ1n) is 8.13. The Morgan fingerprint density at radius 3 is 2.52 bits per heavy atom. The zero-order valence-corrected chi connectivity index (χ0v) is 13.5. The van der Waals surface area contributed by atoms with Gasteiger partial charge in [-0.05, 0) is 32.4 Å². The fourth-order valence-corrected chi connectivity index (χ4v) is 2.88. The lowest BCUT2D eigenvalue weighted by atomic mass is 10.2.